The number of piperidine rings is 1. The number of fused-ring (bicyclic) bond motifs is 1. The topological polar surface area (TPSA) is 76.5 Å². The fourth-order valence-electron chi connectivity index (χ4n) is 4.49. The molecule has 176 valence electrons. The van der Waals surface area contributed by atoms with E-state index in [4.69, 9.17) is 16.3 Å². The highest BCUT2D eigenvalue weighted by atomic mass is 35.5. The second-order valence-electron chi connectivity index (χ2n) is 8.61. The second-order valence-corrected chi connectivity index (χ2v) is 9.05. The first-order valence-corrected chi connectivity index (χ1v) is 11.6. The fraction of sp³-hybridized carbons (Fsp3) is 0.320. The van der Waals surface area contributed by atoms with E-state index in [-0.39, 0.29) is 36.3 Å². The average Bonchev–Trinajstić information content (AvgIpc) is 3.27. The summed E-state index contributed by atoms with van der Waals surface area (Å²) in [5.74, 6) is -0.666. The van der Waals surface area contributed by atoms with Crippen LogP contribution in [0.4, 0.5) is 10.1 Å². The number of halogens is 2. The molecule has 0 saturated carbocycles. The van der Waals surface area contributed by atoms with Gasteiger partial charge in [-0.15, -0.1) is 0 Å². The number of benzene rings is 2. The molecule has 2 aliphatic rings. The van der Waals surface area contributed by atoms with Gasteiger partial charge in [0.05, 0.1) is 25.2 Å². The van der Waals surface area contributed by atoms with E-state index in [2.05, 4.69) is 10.3 Å². The summed E-state index contributed by atoms with van der Waals surface area (Å²) in [4.78, 5) is 31.9. The maximum Gasteiger partial charge on any atom is 0.274 e. The highest BCUT2D eigenvalue weighted by Gasteiger charge is 2.32. The molecule has 1 aromatic heterocycles. The molecule has 2 aromatic carbocycles. The van der Waals surface area contributed by atoms with Crippen molar-refractivity contribution in [3.8, 4) is 0 Å². The molecule has 1 unspecified atom stereocenters. The van der Waals surface area contributed by atoms with Crippen LogP contribution in [0.3, 0.4) is 0 Å². The molecule has 9 heteroatoms. The second kappa shape index (κ2) is 9.56. The molecule has 0 spiro atoms. The van der Waals surface area contributed by atoms with Gasteiger partial charge in [0.15, 0.2) is 5.69 Å². The van der Waals surface area contributed by atoms with Gasteiger partial charge in [-0.1, -0.05) is 29.8 Å². The van der Waals surface area contributed by atoms with Crippen LogP contribution in [0.2, 0.25) is 5.02 Å². The summed E-state index contributed by atoms with van der Waals surface area (Å²) < 4.78 is 21.1. The van der Waals surface area contributed by atoms with E-state index in [1.807, 2.05) is 4.57 Å². The first-order valence-electron chi connectivity index (χ1n) is 11.2. The number of imidazole rings is 1. The first kappa shape index (κ1) is 22.6. The standard InChI is InChI=1S/C25H24ClFN4O3/c26-18-2-1-3-20(12-18)29-24(32)17-8-10-30(11-9-17)25(33)23-21-14-34-22(13-31(21)15-28-23)16-4-6-19(27)7-5-16/h1-7,12,15,17,22H,8-11,13-14H2,(H,29,32). The van der Waals surface area contributed by atoms with Crippen molar-refractivity contribution in [2.75, 3.05) is 18.4 Å². The van der Waals surface area contributed by atoms with Gasteiger partial charge < -0.3 is 19.5 Å². The largest absolute Gasteiger partial charge is 0.365 e. The van der Waals surface area contributed by atoms with Crippen LogP contribution in [-0.2, 0) is 22.7 Å². The van der Waals surface area contributed by atoms with Crippen LogP contribution >= 0.6 is 11.6 Å². The summed E-state index contributed by atoms with van der Waals surface area (Å²) in [6, 6.07) is 13.3. The number of nitrogens with one attached hydrogen (secondary N) is 1. The van der Waals surface area contributed by atoms with E-state index < -0.39 is 0 Å². The maximum absolute atomic E-state index is 13.2. The molecule has 7 nitrogen and oxygen atoms in total. The van der Waals surface area contributed by atoms with Crippen molar-refractivity contribution >= 4 is 29.1 Å². The van der Waals surface area contributed by atoms with Gasteiger partial charge in [0, 0.05) is 29.7 Å². The summed E-state index contributed by atoms with van der Waals surface area (Å²) in [6.45, 7) is 1.73. The van der Waals surface area contributed by atoms with Gasteiger partial charge in [-0.3, -0.25) is 9.59 Å². The van der Waals surface area contributed by atoms with Crippen LogP contribution in [-0.4, -0.2) is 39.4 Å². The summed E-state index contributed by atoms with van der Waals surface area (Å²) in [7, 11) is 0. The molecular weight excluding hydrogens is 459 g/mol. The molecule has 2 amide bonds. The Balaban J connectivity index is 1.19. The maximum atomic E-state index is 13.2. The predicted molar refractivity (Wildman–Crippen MR) is 125 cm³/mol. The Labute approximate surface area is 201 Å². The van der Waals surface area contributed by atoms with Crippen LogP contribution in [0.25, 0.3) is 0 Å². The quantitative estimate of drug-likeness (QED) is 0.596. The number of ether oxygens (including phenoxy) is 1. The monoisotopic (exact) mass is 482 g/mol. The molecule has 5 rings (SSSR count). The van der Waals surface area contributed by atoms with Gasteiger partial charge in [0.2, 0.25) is 5.91 Å². The van der Waals surface area contributed by atoms with Crippen LogP contribution in [0.5, 0.6) is 0 Å². The van der Waals surface area contributed by atoms with Crippen molar-refractivity contribution in [3.05, 3.63) is 82.6 Å². The van der Waals surface area contributed by atoms with E-state index >= 15 is 0 Å². The molecule has 0 bridgehead atoms. The number of anilines is 1. The number of aromatic nitrogens is 2. The molecule has 0 aliphatic carbocycles. The zero-order valence-electron chi connectivity index (χ0n) is 18.4. The molecule has 1 atom stereocenters. The fourth-order valence-corrected chi connectivity index (χ4v) is 4.68. The zero-order valence-corrected chi connectivity index (χ0v) is 19.2. The minimum atomic E-state index is -0.290. The van der Waals surface area contributed by atoms with E-state index in [1.165, 1.54) is 12.1 Å². The minimum Gasteiger partial charge on any atom is -0.365 e. The molecule has 3 heterocycles. The molecule has 2 aliphatic heterocycles. The van der Waals surface area contributed by atoms with Gasteiger partial charge in [-0.2, -0.15) is 0 Å². The third-order valence-corrected chi connectivity index (χ3v) is 6.65. The van der Waals surface area contributed by atoms with Crippen LogP contribution in [0, 0.1) is 11.7 Å². The number of carbonyl (C=O) groups excluding carboxylic acids is 2. The summed E-state index contributed by atoms with van der Waals surface area (Å²) in [5, 5.41) is 3.47. The smallest absolute Gasteiger partial charge is 0.274 e. The highest BCUT2D eigenvalue weighted by Crippen LogP contribution is 2.29. The Morgan fingerprint density at radius 2 is 1.88 bits per heavy atom. The van der Waals surface area contributed by atoms with Crippen LogP contribution < -0.4 is 5.32 Å². The van der Waals surface area contributed by atoms with Crippen molar-refractivity contribution in [2.45, 2.75) is 32.1 Å². The first-order chi connectivity index (χ1) is 16.5. The van der Waals surface area contributed by atoms with Crippen molar-refractivity contribution in [1.29, 1.82) is 0 Å². The van der Waals surface area contributed by atoms with Gasteiger partial charge in [0.1, 0.15) is 11.9 Å². The number of nitrogens with zero attached hydrogens (tertiary/aromatic N) is 3. The number of hydrogen-bond donors (Lipinski definition) is 1. The van der Waals surface area contributed by atoms with Crippen LogP contribution in [0.15, 0.2) is 54.9 Å². The Kier molecular flexibility index (Phi) is 6.34. The number of hydrogen-bond acceptors (Lipinski definition) is 4. The number of amides is 2. The average molecular weight is 483 g/mol. The molecule has 1 fully saturated rings. The van der Waals surface area contributed by atoms with Crippen molar-refractivity contribution in [2.24, 2.45) is 5.92 Å². The third kappa shape index (κ3) is 4.69. The van der Waals surface area contributed by atoms with E-state index in [9.17, 15) is 14.0 Å². The van der Waals surface area contributed by atoms with E-state index in [1.54, 1.807) is 47.6 Å². The lowest BCUT2D eigenvalue weighted by Crippen LogP contribution is -2.42. The zero-order chi connectivity index (χ0) is 23.7. The minimum absolute atomic E-state index is 0.0611. The summed E-state index contributed by atoms with van der Waals surface area (Å²) in [5.41, 5.74) is 2.68. The Morgan fingerprint density at radius 1 is 1.12 bits per heavy atom. The third-order valence-electron chi connectivity index (χ3n) is 6.42. The van der Waals surface area contributed by atoms with Crippen molar-refractivity contribution in [3.63, 3.8) is 0 Å². The van der Waals surface area contributed by atoms with Crippen molar-refractivity contribution in [1.82, 2.24) is 14.5 Å². The highest BCUT2D eigenvalue weighted by molar-refractivity contribution is 6.30. The van der Waals surface area contributed by atoms with Crippen LogP contribution in [0.1, 0.15) is 40.7 Å². The van der Waals surface area contributed by atoms with Gasteiger partial charge in [-0.25, -0.2) is 9.37 Å². The normalized spacial score (nSPS) is 18.4. The molecule has 1 saturated heterocycles. The van der Waals surface area contributed by atoms with Gasteiger partial charge in [0.25, 0.3) is 5.91 Å². The number of rotatable bonds is 4. The lowest BCUT2D eigenvalue weighted by molar-refractivity contribution is -0.121. The van der Waals surface area contributed by atoms with Crippen molar-refractivity contribution < 1.29 is 18.7 Å². The SMILES string of the molecule is O=C(Nc1cccc(Cl)c1)C1CCN(C(=O)c2ncn3c2COC(c2ccc(F)cc2)C3)CC1. The predicted octanol–water partition coefficient (Wildman–Crippen LogP) is 4.44. The molecule has 0 radical (unpaired) electrons. The molecular formula is C25H24ClFN4O3. The summed E-state index contributed by atoms with van der Waals surface area (Å²) in [6.07, 6.45) is 2.60. The molecule has 3 aromatic rings. The van der Waals surface area contributed by atoms with Gasteiger partial charge >= 0.3 is 0 Å². The number of likely N-dealkylation sites (tertiary alicyclic amines) is 1. The number of carbonyl (C=O) groups is 2. The Bertz CT molecular complexity index is 1210. The lowest BCUT2D eigenvalue weighted by Gasteiger charge is -2.31. The van der Waals surface area contributed by atoms with Gasteiger partial charge in [-0.05, 0) is 48.7 Å². The summed E-state index contributed by atoms with van der Waals surface area (Å²) >= 11 is 5.99. The molecule has 34 heavy (non-hydrogen) atoms. The van der Waals surface area contributed by atoms with E-state index in [0.29, 0.717) is 48.9 Å². The van der Waals surface area contributed by atoms with E-state index in [0.717, 1.165) is 11.3 Å². The Hall–Kier alpha value is -3.23. The Morgan fingerprint density at radius 3 is 2.62 bits per heavy atom. The molecule has 1 N–H and O–H groups in total. The lowest BCUT2D eigenvalue weighted by atomic mass is 9.95.